The van der Waals surface area contributed by atoms with E-state index in [9.17, 15) is 13.2 Å². The number of halogens is 3. The van der Waals surface area contributed by atoms with Crippen molar-refractivity contribution in [3.63, 3.8) is 0 Å². The Balaban J connectivity index is 2.02. The Morgan fingerprint density at radius 3 is 2.29 bits per heavy atom. The maximum absolute atomic E-state index is 14.6. The molecule has 0 N–H and O–H groups in total. The zero-order valence-corrected chi connectivity index (χ0v) is 14.2. The van der Waals surface area contributed by atoms with E-state index in [0.717, 1.165) is 32.1 Å². The average molecular weight is 336 g/mol. The molecule has 1 aliphatic carbocycles. The Hall–Kier alpha value is -1.71. The highest BCUT2D eigenvalue weighted by Crippen LogP contribution is 2.40. The van der Waals surface area contributed by atoms with Gasteiger partial charge in [-0.15, -0.1) is 0 Å². The van der Waals surface area contributed by atoms with Gasteiger partial charge in [0.1, 0.15) is 0 Å². The van der Waals surface area contributed by atoms with Crippen molar-refractivity contribution in [3.8, 4) is 5.75 Å². The third-order valence-corrected chi connectivity index (χ3v) is 5.28. The van der Waals surface area contributed by atoms with E-state index >= 15 is 0 Å². The number of hydrogen-bond donors (Lipinski definition) is 0. The summed E-state index contributed by atoms with van der Waals surface area (Å²) < 4.78 is 48.8. The van der Waals surface area contributed by atoms with Gasteiger partial charge in [0, 0.05) is 0 Å². The molecule has 0 bridgehead atoms. The first-order chi connectivity index (χ1) is 11.6. The van der Waals surface area contributed by atoms with Crippen molar-refractivity contribution >= 4 is 10.8 Å². The van der Waals surface area contributed by atoms with Gasteiger partial charge in [-0.25, -0.2) is 13.2 Å². The van der Waals surface area contributed by atoms with Gasteiger partial charge in [-0.2, -0.15) is 0 Å². The minimum Gasteiger partial charge on any atom is -0.491 e. The highest BCUT2D eigenvalue weighted by molar-refractivity contribution is 5.86. The summed E-state index contributed by atoms with van der Waals surface area (Å²) in [5, 5.41) is 0.0758. The van der Waals surface area contributed by atoms with Gasteiger partial charge in [0.25, 0.3) is 0 Å². The van der Waals surface area contributed by atoms with Gasteiger partial charge < -0.3 is 4.74 Å². The zero-order chi connectivity index (χ0) is 17.3. The van der Waals surface area contributed by atoms with Crippen molar-refractivity contribution in [1.82, 2.24) is 0 Å². The second-order valence-corrected chi connectivity index (χ2v) is 6.63. The van der Waals surface area contributed by atoms with Crippen LogP contribution in [-0.2, 0) is 0 Å². The minimum absolute atomic E-state index is 0.0151. The molecule has 0 aromatic heterocycles. The second kappa shape index (κ2) is 7.04. The van der Waals surface area contributed by atoms with Crippen LogP contribution in [0.15, 0.2) is 18.2 Å². The van der Waals surface area contributed by atoms with Crippen molar-refractivity contribution < 1.29 is 17.9 Å². The average Bonchev–Trinajstić information content (AvgIpc) is 2.60. The summed E-state index contributed by atoms with van der Waals surface area (Å²) in [6, 6.07) is 4.70. The summed E-state index contributed by atoms with van der Waals surface area (Å²) in [6.07, 6.45) is 4.93. The molecule has 0 amide bonds. The first-order valence-electron chi connectivity index (χ1n) is 8.79. The van der Waals surface area contributed by atoms with Crippen LogP contribution in [0.25, 0.3) is 10.8 Å². The molecule has 4 heteroatoms. The van der Waals surface area contributed by atoms with Crippen LogP contribution in [0.1, 0.15) is 57.4 Å². The monoisotopic (exact) mass is 336 g/mol. The summed E-state index contributed by atoms with van der Waals surface area (Å²) in [7, 11) is 0. The van der Waals surface area contributed by atoms with E-state index < -0.39 is 17.5 Å². The van der Waals surface area contributed by atoms with Gasteiger partial charge in [0.05, 0.1) is 12.0 Å². The van der Waals surface area contributed by atoms with E-state index in [1.165, 1.54) is 6.07 Å². The molecule has 130 valence electrons. The predicted molar refractivity (Wildman–Crippen MR) is 90.0 cm³/mol. The predicted octanol–water partition coefficient (Wildman–Crippen LogP) is 6.34. The summed E-state index contributed by atoms with van der Waals surface area (Å²) in [6.45, 7) is 4.15. The molecule has 0 aliphatic heterocycles. The van der Waals surface area contributed by atoms with Gasteiger partial charge >= 0.3 is 0 Å². The van der Waals surface area contributed by atoms with E-state index in [-0.39, 0.29) is 23.7 Å². The number of fused-ring (bicyclic) bond motifs is 1. The Morgan fingerprint density at radius 1 is 0.958 bits per heavy atom. The molecule has 1 saturated carbocycles. The molecule has 0 heterocycles. The largest absolute Gasteiger partial charge is 0.491 e. The lowest BCUT2D eigenvalue weighted by molar-refractivity contribution is 0.312. The third kappa shape index (κ3) is 2.99. The fourth-order valence-corrected chi connectivity index (χ4v) is 3.83. The topological polar surface area (TPSA) is 9.23 Å². The van der Waals surface area contributed by atoms with E-state index in [2.05, 4.69) is 6.92 Å². The molecule has 3 rings (SSSR count). The first-order valence-corrected chi connectivity index (χ1v) is 8.79. The molecule has 1 fully saturated rings. The smallest absolute Gasteiger partial charge is 0.175 e. The fourth-order valence-electron chi connectivity index (χ4n) is 3.83. The van der Waals surface area contributed by atoms with Crippen molar-refractivity contribution in [1.29, 1.82) is 0 Å². The van der Waals surface area contributed by atoms with Gasteiger partial charge in [-0.3, -0.25) is 0 Å². The van der Waals surface area contributed by atoms with Crippen LogP contribution in [-0.4, -0.2) is 6.61 Å². The van der Waals surface area contributed by atoms with Crippen LogP contribution >= 0.6 is 0 Å². The molecule has 2 aromatic carbocycles. The van der Waals surface area contributed by atoms with Crippen LogP contribution in [0.3, 0.4) is 0 Å². The maximum Gasteiger partial charge on any atom is 0.175 e. The quantitative estimate of drug-likeness (QED) is 0.633. The third-order valence-electron chi connectivity index (χ3n) is 5.28. The van der Waals surface area contributed by atoms with E-state index in [1.54, 1.807) is 19.1 Å². The van der Waals surface area contributed by atoms with Crippen molar-refractivity contribution in [3.05, 3.63) is 41.2 Å². The van der Waals surface area contributed by atoms with Gasteiger partial charge in [0.15, 0.2) is 23.2 Å². The molecule has 0 unspecified atom stereocenters. The lowest BCUT2D eigenvalue weighted by atomic mass is 9.77. The van der Waals surface area contributed by atoms with Crippen molar-refractivity contribution in [2.24, 2.45) is 5.92 Å². The van der Waals surface area contributed by atoms with Gasteiger partial charge in [0.2, 0.25) is 0 Å². The summed E-state index contributed by atoms with van der Waals surface area (Å²) in [5.74, 6) is -2.18. The molecule has 1 nitrogen and oxygen atoms in total. The van der Waals surface area contributed by atoms with Crippen LogP contribution in [0.2, 0.25) is 0 Å². The SMILES string of the molecule is CCOc1ccc2cc(C3CCC(CC)CC3)c(F)c(F)c2c1F. The van der Waals surface area contributed by atoms with Crippen molar-refractivity contribution in [2.45, 2.75) is 51.9 Å². The summed E-state index contributed by atoms with van der Waals surface area (Å²) >= 11 is 0. The fraction of sp³-hybridized carbons (Fsp3) is 0.500. The molecule has 0 spiro atoms. The first kappa shape index (κ1) is 17.1. The highest BCUT2D eigenvalue weighted by atomic mass is 19.2. The molecule has 0 radical (unpaired) electrons. The minimum atomic E-state index is -1.10. The Kier molecular flexibility index (Phi) is 5.02. The number of rotatable bonds is 4. The van der Waals surface area contributed by atoms with Crippen LogP contribution in [0.4, 0.5) is 13.2 Å². The van der Waals surface area contributed by atoms with Crippen molar-refractivity contribution in [2.75, 3.05) is 6.61 Å². The Morgan fingerprint density at radius 2 is 1.67 bits per heavy atom. The normalized spacial score (nSPS) is 21.2. The van der Waals surface area contributed by atoms with E-state index in [1.807, 2.05) is 0 Å². The van der Waals surface area contributed by atoms with Gasteiger partial charge in [-0.1, -0.05) is 19.4 Å². The van der Waals surface area contributed by atoms with Crippen LogP contribution < -0.4 is 4.74 Å². The second-order valence-electron chi connectivity index (χ2n) is 6.63. The molecule has 0 atom stereocenters. The van der Waals surface area contributed by atoms with Gasteiger partial charge in [-0.05, 0) is 67.5 Å². The Bertz CT molecular complexity index is 733. The van der Waals surface area contributed by atoms with Crippen LogP contribution in [0, 0.1) is 23.4 Å². The number of benzene rings is 2. The molecule has 24 heavy (non-hydrogen) atoms. The molecular formula is C20H23F3O. The molecular weight excluding hydrogens is 313 g/mol. The maximum atomic E-state index is 14.6. The summed E-state index contributed by atoms with van der Waals surface area (Å²) in [5.41, 5.74) is 0.387. The lowest BCUT2D eigenvalue weighted by Crippen LogP contribution is -2.14. The molecule has 0 saturated heterocycles. The highest BCUT2D eigenvalue weighted by Gasteiger charge is 2.27. The molecule has 1 aliphatic rings. The standard InChI is InChI=1S/C20H23F3O/c1-3-12-5-7-13(8-6-12)15-11-14-9-10-16(24-4-2)19(22)17(14)20(23)18(15)21/h9-13H,3-8H2,1-2H3. The Labute approximate surface area is 140 Å². The zero-order valence-electron chi connectivity index (χ0n) is 14.2. The van der Waals surface area contributed by atoms with E-state index in [0.29, 0.717) is 16.9 Å². The lowest BCUT2D eigenvalue weighted by Gasteiger charge is -2.28. The van der Waals surface area contributed by atoms with Crippen LogP contribution in [0.5, 0.6) is 5.75 Å². The van der Waals surface area contributed by atoms with E-state index in [4.69, 9.17) is 4.74 Å². The number of ether oxygens (including phenoxy) is 1. The number of hydrogen-bond acceptors (Lipinski definition) is 1. The molecule has 2 aromatic rings. The summed E-state index contributed by atoms with van der Waals surface area (Å²) in [4.78, 5) is 0.